The molecule has 4 heteroatoms. The predicted molar refractivity (Wildman–Crippen MR) is 68.2 cm³/mol. The van der Waals surface area contributed by atoms with Gasteiger partial charge in [0.1, 0.15) is 6.10 Å². The maximum atomic E-state index is 10.4. The van der Waals surface area contributed by atoms with Crippen LogP contribution >= 0.6 is 11.3 Å². The molecule has 2 aromatic rings. The van der Waals surface area contributed by atoms with Gasteiger partial charge in [-0.3, -0.25) is 0 Å². The van der Waals surface area contributed by atoms with E-state index in [0.717, 1.165) is 10.6 Å². The smallest absolute Gasteiger partial charge is 0.130 e. The second-order valence-electron chi connectivity index (χ2n) is 4.64. The number of hydrogen-bond donors (Lipinski definition) is 1. The molecular formula is C13H16N2OS. The van der Waals surface area contributed by atoms with Crippen molar-refractivity contribution in [2.75, 3.05) is 0 Å². The van der Waals surface area contributed by atoms with Gasteiger partial charge in [-0.25, -0.2) is 4.98 Å². The molecule has 0 aromatic carbocycles. The second kappa shape index (κ2) is 4.27. The Hall–Kier alpha value is -1.13. The summed E-state index contributed by atoms with van der Waals surface area (Å²) < 4.78 is 1.88. The highest BCUT2D eigenvalue weighted by molar-refractivity contribution is 7.12. The molecule has 1 aliphatic carbocycles. The highest BCUT2D eigenvalue weighted by Crippen LogP contribution is 2.34. The van der Waals surface area contributed by atoms with E-state index in [4.69, 9.17) is 0 Å². The van der Waals surface area contributed by atoms with E-state index >= 15 is 0 Å². The Morgan fingerprint density at radius 3 is 2.94 bits per heavy atom. The number of aryl methyl sites for hydroxylation is 3. The maximum absolute atomic E-state index is 10.4. The summed E-state index contributed by atoms with van der Waals surface area (Å²) in [5.41, 5.74) is 2.31. The Morgan fingerprint density at radius 2 is 2.24 bits per heavy atom. The third kappa shape index (κ3) is 1.91. The van der Waals surface area contributed by atoms with E-state index in [9.17, 15) is 5.11 Å². The van der Waals surface area contributed by atoms with E-state index in [0.29, 0.717) is 0 Å². The molecule has 1 aliphatic rings. The minimum atomic E-state index is -0.530. The molecule has 2 aromatic heterocycles. The molecule has 1 atom stereocenters. The fourth-order valence-corrected chi connectivity index (χ4v) is 3.68. The summed E-state index contributed by atoms with van der Waals surface area (Å²) in [6, 6.07) is 2.18. The largest absolute Gasteiger partial charge is 0.381 e. The Balaban J connectivity index is 1.94. The van der Waals surface area contributed by atoms with Gasteiger partial charge in [-0.15, -0.1) is 11.3 Å². The van der Waals surface area contributed by atoms with Crippen molar-refractivity contribution in [2.45, 2.75) is 31.8 Å². The van der Waals surface area contributed by atoms with Crippen LogP contribution < -0.4 is 0 Å². The van der Waals surface area contributed by atoms with Gasteiger partial charge in [0, 0.05) is 16.8 Å². The molecule has 0 amide bonds. The van der Waals surface area contributed by atoms with Crippen molar-refractivity contribution in [3.8, 4) is 0 Å². The second-order valence-corrected chi connectivity index (χ2v) is 5.80. The van der Waals surface area contributed by atoms with Gasteiger partial charge in [-0.05, 0) is 37.3 Å². The lowest BCUT2D eigenvalue weighted by Crippen LogP contribution is -2.03. The first kappa shape index (κ1) is 11.0. The number of imidazole rings is 1. The summed E-state index contributed by atoms with van der Waals surface area (Å²) in [7, 11) is 1.92. The first-order valence-corrected chi connectivity index (χ1v) is 6.83. The van der Waals surface area contributed by atoms with Crippen molar-refractivity contribution < 1.29 is 5.11 Å². The Kier molecular flexibility index (Phi) is 2.76. The predicted octanol–water partition coefficient (Wildman–Crippen LogP) is 2.44. The summed E-state index contributed by atoms with van der Waals surface area (Å²) in [5, 5.41) is 10.4. The normalized spacial score (nSPS) is 16.8. The summed E-state index contributed by atoms with van der Waals surface area (Å²) in [5.74, 6) is 0. The number of nitrogens with zero attached hydrogens (tertiary/aromatic N) is 2. The summed E-state index contributed by atoms with van der Waals surface area (Å²) in [6.07, 6.45) is 7.86. The minimum Gasteiger partial charge on any atom is -0.381 e. The minimum absolute atomic E-state index is 0.530. The van der Waals surface area contributed by atoms with Crippen LogP contribution in [0.25, 0.3) is 0 Å². The summed E-state index contributed by atoms with van der Waals surface area (Å²) >= 11 is 1.76. The van der Waals surface area contributed by atoms with E-state index in [1.165, 1.54) is 36.1 Å². The molecule has 3 nitrogen and oxygen atoms in total. The molecule has 0 saturated carbocycles. The van der Waals surface area contributed by atoms with Crippen molar-refractivity contribution in [3.63, 3.8) is 0 Å². The Morgan fingerprint density at radius 1 is 1.41 bits per heavy atom. The molecule has 2 heterocycles. The van der Waals surface area contributed by atoms with E-state index < -0.39 is 6.10 Å². The highest BCUT2D eigenvalue weighted by atomic mass is 32.1. The SMILES string of the molecule is Cn1cncc1C(O)c1cc2c(s1)CCCC2. The first-order valence-electron chi connectivity index (χ1n) is 6.01. The zero-order valence-electron chi connectivity index (χ0n) is 9.89. The number of rotatable bonds is 2. The van der Waals surface area contributed by atoms with Crippen LogP contribution in [0.1, 0.15) is 40.0 Å². The Bertz CT molecular complexity index is 506. The lowest BCUT2D eigenvalue weighted by atomic mass is 9.99. The number of hydrogen-bond acceptors (Lipinski definition) is 3. The van der Waals surface area contributed by atoms with Gasteiger partial charge in [-0.1, -0.05) is 0 Å². The van der Waals surface area contributed by atoms with Gasteiger partial charge in [0.2, 0.25) is 0 Å². The van der Waals surface area contributed by atoms with Crippen LogP contribution in [0, 0.1) is 0 Å². The average Bonchev–Trinajstić information content (AvgIpc) is 2.93. The van der Waals surface area contributed by atoms with Crippen LogP contribution in [-0.4, -0.2) is 14.7 Å². The third-order valence-electron chi connectivity index (χ3n) is 3.42. The van der Waals surface area contributed by atoms with E-state index in [1.807, 2.05) is 11.6 Å². The van der Waals surface area contributed by atoms with Crippen LogP contribution in [-0.2, 0) is 19.9 Å². The van der Waals surface area contributed by atoms with Gasteiger partial charge >= 0.3 is 0 Å². The van der Waals surface area contributed by atoms with Gasteiger partial charge < -0.3 is 9.67 Å². The molecular weight excluding hydrogens is 232 g/mol. The number of fused-ring (bicyclic) bond motifs is 1. The first-order chi connectivity index (χ1) is 8.25. The van der Waals surface area contributed by atoms with Crippen molar-refractivity contribution in [2.24, 2.45) is 7.05 Å². The van der Waals surface area contributed by atoms with E-state index in [1.54, 1.807) is 23.9 Å². The summed E-state index contributed by atoms with van der Waals surface area (Å²) in [4.78, 5) is 6.58. The zero-order valence-corrected chi connectivity index (χ0v) is 10.7. The van der Waals surface area contributed by atoms with Crippen LogP contribution in [0.5, 0.6) is 0 Å². The number of aromatic nitrogens is 2. The van der Waals surface area contributed by atoms with Crippen molar-refractivity contribution in [3.05, 3.63) is 39.6 Å². The van der Waals surface area contributed by atoms with Crippen LogP contribution in [0.4, 0.5) is 0 Å². The molecule has 90 valence electrons. The third-order valence-corrected chi connectivity index (χ3v) is 4.71. The van der Waals surface area contributed by atoms with Crippen molar-refractivity contribution >= 4 is 11.3 Å². The molecule has 0 bridgehead atoms. The number of thiophene rings is 1. The number of aliphatic hydroxyl groups is 1. The number of aliphatic hydroxyl groups excluding tert-OH is 1. The quantitative estimate of drug-likeness (QED) is 0.886. The van der Waals surface area contributed by atoms with Crippen LogP contribution in [0.2, 0.25) is 0 Å². The van der Waals surface area contributed by atoms with Gasteiger partial charge in [0.25, 0.3) is 0 Å². The molecule has 0 fully saturated rings. The molecule has 3 rings (SSSR count). The molecule has 0 spiro atoms. The topological polar surface area (TPSA) is 38.0 Å². The lowest BCUT2D eigenvalue weighted by molar-refractivity contribution is 0.215. The maximum Gasteiger partial charge on any atom is 0.130 e. The van der Waals surface area contributed by atoms with Crippen LogP contribution in [0.15, 0.2) is 18.6 Å². The molecule has 1 N–H and O–H groups in total. The van der Waals surface area contributed by atoms with E-state index in [-0.39, 0.29) is 0 Å². The molecule has 0 radical (unpaired) electrons. The summed E-state index contributed by atoms with van der Waals surface area (Å²) in [6.45, 7) is 0. The van der Waals surface area contributed by atoms with Gasteiger partial charge in [0.15, 0.2) is 0 Å². The van der Waals surface area contributed by atoms with Crippen LogP contribution in [0.3, 0.4) is 0 Å². The standard InChI is InChI=1S/C13H16N2OS/c1-15-8-14-7-10(15)13(16)12-6-9-4-2-3-5-11(9)17-12/h6-8,13,16H,2-5H2,1H3. The molecule has 0 saturated heterocycles. The Labute approximate surface area is 105 Å². The monoisotopic (exact) mass is 248 g/mol. The fraction of sp³-hybridized carbons (Fsp3) is 0.462. The average molecular weight is 248 g/mol. The van der Waals surface area contributed by atoms with Crippen molar-refractivity contribution in [1.82, 2.24) is 9.55 Å². The highest BCUT2D eigenvalue weighted by Gasteiger charge is 2.20. The lowest BCUT2D eigenvalue weighted by Gasteiger charge is -2.08. The zero-order chi connectivity index (χ0) is 11.8. The molecule has 1 unspecified atom stereocenters. The van der Waals surface area contributed by atoms with Crippen molar-refractivity contribution in [1.29, 1.82) is 0 Å². The van der Waals surface area contributed by atoms with E-state index in [2.05, 4.69) is 11.1 Å². The fourth-order valence-electron chi connectivity index (χ4n) is 2.43. The molecule has 17 heavy (non-hydrogen) atoms. The van der Waals surface area contributed by atoms with Gasteiger partial charge in [0.05, 0.1) is 18.2 Å². The van der Waals surface area contributed by atoms with Gasteiger partial charge in [-0.2, -0.15) is 0 Å². The molecule has 0 aliphatic heterocycles.